The highest BCUT2D eigenvalue weighted by molar-refractivity contribution is 6.00. The topological polar surface area (TPSA) is 98.7 Å². The maximum absolute atomic E-state index is 12.4. The minimum Gasteiger partial charge on any atom is -0.393 e. The Hall–Kier alpha value is -2.15. The molecule has 2 N–H and O–H groups in total. The predicted molar refractivity (Wildman–Crippen MR) is 78.0 cm³/mol. The normalized spacial score (nSPS) is 15.7. The summed E-state index contributed by atoms with van der Waals surface area (Å²) in [6.07, 6.45) is 1.80. The van der Waals surface area contributed by atoms with Gasteiger partial charge in [-0.2, -0.15) is 0 Å². The molecule has 0 spiro atoms. The van der Waals surface area contributed by atoms with Crippen LogP contribution in [0, 0.1) is 16.0 Å². The summed E-state index contributed by atoms with van der Waals surface area (Å²) in [6, 6.07) is 4.42. The van der Waals surface area contributed by atoms with Gasteiger partial charge in [0.25, 0.3) is 5.91 Å². The number of hydrogen-bond donors (Lipinski definition) is 1. The average molecular weight is 293 g/mol. The van der Waals surface area contributed by atoms with Crippen LogP contribution in [0.15, 0.2) is 18.2 Å². The molecule has 0 aromatic heterocycles. The first kappa shape index (κ1) is 15.2. The first-order valence-corrected chi connectivity index (χ1v) is 6.86. The number of benzene rings is 1. The van der Waals surface area contributed by atoms with E-state index in [2.05, 4.69) is 0 Å². The zero-order valence-electron chi connectivity index (χ0n) is 11.9. The van der Waals surface area contributed by atoms with Crippen molar-refractivity contribution < 1.29 is 14.5 Å². The van der Waals surface area contributed by atoms with Crippen molar-refractivity contribution in [1.29, 1.82) is 0 Å². The third kappa shape index (κ3) is 3.49. The highest BCUT2D eigenvalue weighted by Gasteiger charge is 2.27. The molecule has 1 amide bonds. The van der Waals surface area contributed by atoms with Crippen molar-refractivity contribution in [3.63, 3.8) is 0 Å². The second-order valence-corrected chi connectivity index (χ2v) is 5.24. The number of rotatable bonds is 4. The molecule has 21 heavy (non-hydrogen) atoms. The number of nitrogens with two attached hydrogens (primary N) is 1. The van der Waals surface area contributed by atoms with Crippen molar-refractivity contribution in [3.05, 3.63) is 33.9 Å². The molecule has 1 heterocycles. The number of carbonyl (C=O) groups excluding carboxylic acids is 1. The Bertz CT molecular complexity index is 541. The Morgan fingerprint density at radius 1 is 1.48 bits per heavy atom. The Morgan fingerprint density at radius 3 is 2.76 bits per heavy atom. The van der Waals surface area contributed by atoms with Crippen LogP contribution in [0.4, 0.5) is 11.4 Å². The SMILES string of the molecule is CN(CC1CCOCC1)C(=O)c1cccc(N)c1[N+](=O)[O-]. The Balaban J connectivity index is 2.15. The number of anilines is 1. The first-order valence-electron chi connectivity index (χ1n) is 6.86. The van der Waals surface area contributed by atoms with Crippen LogP contribution in [0.25, 0.3) is 0 Å². The molecule has 0 aliphatic carbocycles. The fraction of sp³-hybridized carbons (Fsp3) is 0.500. The molecule has 0 saturated carbocycles. The summed E-state index contributed by atoms with van der Waals surface area (Å²) in [5.41, 5.74) is 5.34. The second kappa shape index (κ2) is 6.53. The quantitative estimate of drug-likeness (QED) is 0.517. The molecule has 2 rings (SSSR count). The van der Waals surface area contributed by atoms with Crippen molar-refractivity contribution in [2.75, 3.05) is 32.5 Å². The van der Waals surface area contributed by atoms with Crippen LogP contribution in [0.5, 0.6) is 0 Å². The van der Waals surface area contributed by atoms with Gasteiger partial charge in [0, 0.05) is 26.8 Å². The second-order valence-electron chi connectivity index (χ2n) is 5.24. The number of para-hydroxylation sites is 1. The van der Waals surface area contributed by atoms with Gasteiger partial charge in [-0.05, 0) is 30.9 Å². The van der Waals surface area contributed by atoms with Crippen molar-refractivity contribution in [2.45, 2.75) is 12.8 Å². The third-order valence-electron chi connectivity index (χ3n) is 3.70. The van der Waals surface area contributed by atoms with Crippen LogP contribution >= 0.6 is 0 Å². The molecule has 114 valence electrons. The van der Waals surface area contributed by atoms with Crippen molar-refractivity contribution in [3.8, 4) is 0 Å². The summed E-state index contributed by atoms with van der Waals surface area (Å²) in [6.45, 7) is 1.96. The van der Waals surface area contributed by atoms with E-state index >= 15 is 0 Å². The predicted octanol–water partition coefficient (Wildman–Crippen LogP) is 1.68. The molecule has 1 aromatic carbocycles. The van der Waals surface area contributed by atoms with Crippen molar-refractivity contribution >= 4 is 17.3 Å². The fourth-order valence-corrected chi connectivity index (χ4v) is 2.54. The Morgan fingerprint density at radius 2 is 2.14 bits per heavy atom. The van der Waals surface area contributed by atoms with Gasteiger partial charge in [0.15, 0.2) is 0 Å². The third-order valence-corrected chi connectivity index (χ3v) is 3.70. The van der Waals surface area contributed by atoms with Gasteiger partial charge in [0.2, 0.25) is 0 Å². The van der Waals surface area contributed by atoms with Gasteiger partial charge in [-0.15, -0.1) is 0 Å². The van der Waals surface area contributed by atoms with Gasteiger partial charge in [-0.25, -0.2) is 0 Å². The lowest BCUT2D eigenvalue weighted by Crippen LogP contribution is -2.34. The molecule has 7 heteroatoms. The highest BCUT2D eigenvalue weighted by atomic mass is 16.6. The van der Waals surface area contributed by atoms with E-state index in [-0.39, 0.29) is 22.8 Å². The van der Waals surface area contributed by atoms with E-state index in [0.717, 1.165) is 12.8 Å². The number of nitrogen functional groups attached to an aromatic ring is 1. The smallest absolute Gasteiger partial charge is 0.304 e. The zero-order chi connectivity index (χ0) is 15.4. The van der Waals surface area contributed by atoms with Crippen LogP contribution in [0.3, 0.4) is 0 Å². The molecule has 1 aliphatic heterocycles. The van der Waals surface area contributed by atoms with Gasteiger partial charge in [-0.3, -0.25) is 14.9 Å². The van der Waals surface area contributed by atoms with E-state index in [1.165, 1.54) is 17.0 Å². The number of nitro benzene ring substituents is 1. The molecule has 1 aromatic rings. The molecule has 1 aliphatic rings. The van der Waals surface area contributed by atoms with Gasteiger partial charge in [0.1, 0.15) is 11.3 Å². The Labute approximate surface area is 122 Å². The van der Waals surface area contributed by atoms with E-state index < -0.39 is 4.92 Å². The summed E-state index contributed by atoms with van der Waals surface area (Å²) in [5, 5.41) is 11.1. The van der Waals surface area contributed by atoms with E-state index in [9.17, 15) is 14.9 Å². The van der Waals surface area contributed by atoms with Gasteiger partial charge in [-0.1, -0.05) is 6.07 Å². The lowest BCUT2D eigenvalue weighted by atomic mass is 9.99. The molecular weight excluding hydrogens is 274 g/mol. The van der Waals surface area contributed by atoms with E-state index in [1.807, 2.05) is 0 Å². The summed E-state index contributed by atoms with van der Waals surface area (Å²) >= 11 is 0. The summed E-state index contributed by atoms with van der Waals surface area (Å²) in [7, 11) is 1.66. The molecule has 0 radical (unpaired) electrons. The molecule has 1 saturated heterocycles. The molecule has 0 unspecified atom stereocenters. The summed E-state index contributed by atoms with van der Waals surface area (Å²) < 4.78 is 5.28. The highest BCUT2D eigenvalue weighted by Crippen LogP contribution is 2.27. The monoisotopic (exact) mass is 293 g/mol. The van der Waals surface area contributed by atoms with Crippen LogP contribution in [-0.2, 0) is 4.74 Å². The lowest BCUT2D eigenvalue weighted by Gasteiger charge is -2.27. The molecular formula is C14H19N3O4. The molecule has 1 fully saturated rings. The fourth-order valence-electron chi connectivity index (χ4n) is 2.54. The minimum absolute atomic E-state index is 0.00492. The van der Waals surface area contributed by atoms with Crippen LogP contribution < -0.4 is 5.73 Å². The number of hydrogen-bond acceptors (Lipinski definition) is 5. The van der Waals surface area contributed by atoms with Crippen molar-refractivity contribution in [1.82, 2.24) is 4.90 Å². The first-order chi connectivity index (χ1) is 10.0. The number of ether oxygens (including phenoxy) is 1. The van der Waals surface area contributed by atoms with Crippen LogP contribution in [-0.4, -0.2) is 42.5 Å². The van der Waals surface area contributed by atoms with Gasteiger partial charge in [0.05, 0.1) is 4.92 Å². The summed E-state index contributed by atoms with van der Waals surface area (Å²) in [5.74, 6) is -0.00620. The molecule has 0 atom stereocenters. The average Bonchev–Trinajstić information content (AvgIpc) is 2.46. The molecule has 7 nitrogen and oxygen atoms in total. The minimum atomic E-state index is -0.606. The van der Waals surface area contributed by atoms with E-state index in [4.69, 9.17) is 10.5 Å². The number of nitrogens with zero attached hydrogens (tertiary/aromatic N) is 2. The lowest BCUT2D eigenvalue weighted by molar-refractivity contribution is -0.384. The largest absolute Gasteiger partial charge is 0.393 e. The number of amides is 1. The Kier molecular flexibility index (Phi) is 4.74. The van der Waals surface area contributed by atoms with Gasteiger partial charge < -0.3 is 15.4 Å². The maximum Gasteiger partial charge on any atom is 0.304 e. The van der Waals surface area contributed by atoms with Crippen LogP contribution in [0.1, 0.15) is 23.2 Å². The standard InChI is InChI=1S/C14H19N3O4/c1-16(9-10-5-7-21-8-6-10)14(18)11-3-2-4-12(15)13(11)17(19)20/h2-4,10H,5-9,15H2,1H3. The number of nitro groups is 1. The van der Waals surface area contributed by atoms with E-state index in [1.54, 1.807) is 13.1 Å². The zero-order valence-corrected chi connectivity index (χ0v) is 11.9. The van der Waals surface area contributed by atoms with Gasteiger partial charge >= 0.3 is 5.69 Å². The maximum atomic E-state index is 12.4. The van der Waals surface area contributed by atoms with Crippen LogP contribution in [0.2, 0.25) is 0 Å². The van der Waals surface area contributed by atoms with E-state index in [0.29, 0.717) is 25.7 Å². The van der Waals surface area contributed by atoms with Crippen molar-refractivity contribution in [2.24, 2.45) is 5.92 Å². The molecule has 0 bridgehead atoms. The number of carbonyl (C=O) groups is 1. The summed E-state index contributed by atoms with van der Waals surface area (Å²) in [4.78, 5) is 24.4.